The first kappa shape index (κ1) is 13.1. The number of anilines is 1. The van der Waals surface area contributed by atoms with Crippen LogP contribution in [-0.2, 0) is 12.6 Å². The molecule has 8 nitrogen and oxygen atoms in total. The molecule has 0 aliphatic heterocycles. The van der Waals surface area contributed by atoms with E-state index in [0.717, 1.165) is 0 Å². The van der Waals surface area contributed by atoms with E-state index in [4.69, 9.17) is 4.52 Å². The maximum absolute atomic E-state index is 11.9. The molecule has 102 valence electrons. The third-order valence-corrected chi connectivity index (χ3v) is 2.48. The molecule has 0 atom stereocenters. The van der Waals surface area contributed by atoms with E-state index in [-0.39, 0.29) is 6.03 Å². The minimum atomic E-state index is -0.732. The van der Waals surface area contributed by atoms with E-state index < -0.39 is 5.54 Å². The van der Waals surface area contributed by atoms with Gasteiger partial charge in [0, 0.05) is 20.2 Å². The van der Waals surface area contributed by atoms with Crippen LogP contribution in [0.2, 0.25) is 0 Å². The van der Waals surface area contributed by atoms with E-state index in [9.17, 15) is 4.79 Å². The summed E-state index contributed by atoms with van der Waals surface area (Å²) >= 11 is 0. The van der Waals surface area contributed by atoms with Crippen LogP contribution in [-0.4, -0.2) is 26.0 Å². The van der Waals surface area contributed by atoms with Gasteiger partial charge in [-0.1, -0.05) is 5.16 Å². The maximum Gasteiger partial charge on any atom is 0.320 e. The third-order valence-electron chi connectivity index (χ3n) is 2.48. The fourth-order valence-electron chi connectivity index (χ4n) is 1.54. The molecule has 0 saturated carbocycles. The fraction of sp³-hybridized carbons (Fsp3) is 0.455. The molecule has 19 heavy (non-hydrogen) atoms. The number of urea groups is 1. The highest BCUT2D eigenvalue weighted by atomic mass is 16.5. The average Bonchev–Trinajstić information content (AvgIpc) is 2.87. The number of hydrogen-bond donors (Lipinski definition) is 2. The standard InChI is InChI=1S/C11H16N6O2/c1-7-13-9(16-19-7)11(2,3)15-10(18)14-8-5-12-17(4)6-8/h5-6H,1-4H3,(H2,14,15,18). The van der Waals surface area contributed by atoms with Crippen molar-refractivity contribution in [1.82, 2.24) is 25.2 Å². The Bertz CT molecular complexity index is 586. The van der Waals surface area contributed by atoms with Crippen LogP contribution in [0, 0.1) is 6.92 Å². The fourth-order valence-corrected chi connectivity index (χ4v) is 1.54. The van der Waals surface area contributed by atoms with Crippen LogP contribution in [0.15, 0.2) is 16.9 Å². The van der Waals surface area contributed by atoms with Gasteiger partial charge in [0.25, 0.3) is 0 Å². The van der Waals surface area contributed by atoms with Crippen molar-refractivity contribution >= 4 is 11.7 Å². The van der Waals surface area contributed by atoms with Gasteiger partial charge < -0.3 is 15.2 Å². The molecule has 2 aromatic heterocycles. The molecule has 0 bridgehead atoms. The minimum absolute atomic E-state index is 0.361. The van der Waals surface area contributed by atoms with E-state index in [1.54, 1.807) is 44.9 Å². The van der Waals surface area contributed by atoms with E-state index in [1.165, 1.54) is 0 Å². The lowest BCUT2D eigenvalue weighted by atomic mass is 10.1. The smallest absolute Gasteiger partial charge is 0.320 e. The molecule has 0 unspecified atom stereocenters. The van der Waals surface area contributed by atoms with Gasteiger partial charge in [0.05, 0.1) is 17.4 Å². The monoisotopic (exact) mass is 264 g/mol. The largest absolute Gasteiger partial charge is 0.340 e. The van der Waals surface area contributed by atoms with Gasteiger partial charge in [-0.15, -0.1) is 0 Å². The number of nitrogens with zero attached hydrogens (tertiary/aromatic N) is 4. The first-order valence-electron chi connectivity index (χ1n) is 5.75. The van der Waals surface area contributed by atoms with E-state index in [2.05, 4.69) is 25.9 Å². The van der Waals surface area contributed by atoms with Crippen molar-refractivity contribution in [1.29, 1.82) is 0 Å². The Kier molecular flexibility index (Phi) is 3.24. The van der Waals surface area contributed by atoms with Gasteiger partial charge in [0.2, 0.25) is 5.89 Å². The highest BCUT2D eigenvalue weighted by Gasteiger charge is 2.28. The number of carbonyl (C=O) groups is 1. The molecule has 0 aliphatic rings. The van der Waals surface area contributed by atoms with E-state index in [0.29, 0.717) is 17.4 Å². The molecule has 2 aromatic rings. The number of aryl methyl sites for hydroxylation is 2. The lowest BCUT2D eigenvalue weighted by Crippen LogP contribution is -2.44. The van der Waals surface area contributed by atoms with Gasteiger partial charge >= 0.3 is 6.03 Å². The van der Waals surface area contributed by atoms with Crippen LogP contribution in [0.1, 0.15) is 25.6 Å². The molecule has 0 spiro atoms. The molecule has 2 N–H and O–H groups in total. The zero-order chi connectivity index (χ0) is 14.0. The highest BCUT2D eigenvalue weighted by molar-refractivity contribution is 5.89. The third kappa shape index (κ3) is 3.09. The SMILES string of the molecule is Cc1nc(C(C)(C)NC(=O)Nc2cnn(C)c2)no1. The summed E-state index contributed by atoms with van der Waals surface area (Å²) in [5.74, 6) is 0.879. The Hall–Kier alpha value is -2.38. The first-order valence-corrected chi connectivity index (χ1v) is 5.75. The Morgan fingerprint density at radius 1 is 1.47 bits per heavy atom. The maximum atomic E-state index is 11.9. The quantitative estimate of drug-likeness (QED) is 0.867. The van der Waals surface area contributed by atoms with Crippen molar-refractivity contribution in [2.24, 2.45) is 7.05 Å². The molecule has 8 heteroatoms. The molecule has 0 radical (unpaired) electrons. The first-order chi connectivity index (χ1) is 8.87. The van der Waals surface area contributed by atoms with Gasteiger partial charge in [-0.2, -0.15) is 10.1 Å². The van der Waals surface area contributed by atoms with E-state index >= 15 is 0 Å². The van der Waals surface area contributed by atoms with Crippen LogP contribution in [0.5, 0.6) is 0 Å². The average molecular weight is 264 g/mol. The van der Waals surface area contributed by atoms with E-state index in [1.807, 2.05) is 0 Å². The number of nitrogens with one attached hydrogen (secondary N) is 2. The topological polar surface area (TPSA) is 97.9 Å². The van der Waals surface area contributed by atoms with Crippen molar-refractivity contribution in [3.8, 4) is 0 Å². The van der Waals surface area contributed by atoms with Crippen molar-refractivity contribution in [3.63, 3.8) is 0 Å². The highest BCUT2D eigenvalue weighted by Crippen LogP contribution is 2.16. The molecule has 0 fully saturated rings. The lowest BCUT2D eigenvalue weighted by Gasteiger charge is -2.22. The molecule has 2 amide bonds. The molecular formula is C11H16N6O2. The molecule has 0 aliphatic carbocycles. The van der Waals surface area contributed by atoms with Gasteiger partial charge in [-0.05, 0) is 13.8 Å². The second-order valence-corrected chi connectivity index (χ2v) is 4.74. The molecule has 2 heterocycles. The van der Waals surface area contributed by atoms with Crippen LogP contribution < -0.4 is 10.6 Å². The second kappa shape index (κ2) is 4.71. The van der Waals surface area contributed by atoms with Gasteiger partial charge in [0.15, 0.2) is 5.82 Å². The van der Waals surface area contributed by atoms with Crippen LogP contribution in [0.25, 0.3) is 0 Å². The summed E-state index contributed by atoms with van der Waals surface area (Å²) in [6.45, 7) is 5.28. The molecule has 0 aromatic carbocycles. The van der Waals surface area contributed by atoms with Crippen molar-refractivity contribution in [2.75, 3.05) is 5.32 Å². The summed E-state index contributed by atoms with van der Waals surface area (Å²) in [5.41, 5.74) is -0.121. The van der Waals surface area contributed by atoms with Gasteiger partial charge in [-0.3, -0.25) is 4.68 Å². The van der Waals surface area contributed by atoms with Crippen LogP contribution in [0.3, 0.4) is 0 Å². The van der Waals surface area contributed by atoms with Crippen molar-refractivity contribution < 1.29 is 9.32 Å². The molecule has 0 saturated heterocycles. The summed E-state index contributed by atoms with van der Waals surface area (Å²) in [6.07, 6.45) is 3.26. The number of rotatable bonds is 3. The van der Waals surface area contributed by atoms with Crippen molar-refractivity contribution in [3.05, 3.63) is 24.1 Å². The Labute approximate surface area is 110 Å². The number of carbonyl (C=O) groups excluding carboxylic acids is 1. The molecule has 2 rings (SSSR count). The summed E-state index contributed by atoms with van der Waals surface area (Å²) in [4.78, 5) is 16.0. The zero-order valence-corrected chi connectivity index (χ0v) is 11.3. The number of hydrogen-bond acceptors (Lipinski definition) is 5. The summed E-state index contributed by atoms with van der Waals surface area (Å²) in [6, 6.07) is -0.361. The normalized spacial score (nSPS) is 11.4. The van der Waals surface area contributed by atoms with Gasteiger partial charge in [-0.25, -0.2) is 4.79 Å². The summed E-state index contributed by atoms with van der Waals surface area (Å²) < 4.78 is 6.51. The number of aromatic nitrogens is 4. The predicted octanol–water partition coefficient (Wildman–Crippen LogP) is 1.17. The Morgan fingerprint density at radius 3 is 2.74 bits per heavy atom. The van der Waals surface area contributed by atoms with Crippen LogP contribution >= 0.6 is 0 Å². The second-order valence-electron chi connectivity index (χ2n) is 4.74. The lowest BCUT2D eigenvalue weighted by molar-refractivity contribution is 0.239. The Balaban J connectivity index is 2.01. The zero-order valence-electron chi connectivity index (χ0n) is 11.3. The molecular weight excluding hydrogens is 248 g/mol. The number of amides is 2. The van der Waals surface area contributed by atoms with Crippen LogP contribution in [0.4, 0.5) is 10.5 Å². The van der Waals surface area contributed by atoms with Crippen molar-refractivity contribution in [2.45, 2.75) is 26.3 Å². The minimum Gasteiger partial charge on any atom is -0.340 e. The predicted molar refractivity (Wildman–Crippen MR) is 67.4 cm³/mol. The van der Waals surface area contributed by atoms with Gasteiger partial charge in [0.1, 0.15) is 0 Å². The Morgan fingerprint density at radius 2 is 2.21 bits per heavy atom. The summed E-state index contributed by atoms with van der Waals surface area (Å²) in [7, 11) is 1.77. The summed E-state index contributed by atoms with van der Waals surface area (Å²) in [5, 5.41) is 13.2.